The number of sulfone groups is 1. The second kappa shape index (κ2) is 4.93. The van der Waals surface area contributed by atoms with E-state index in [1.165, 1.54) is 18.2 Å². The summed E-state index contributed by atoms with van der Waals surface area (Å²) in [5.41, 5.74) is 5.75. The van der Waals surface area contributed by atoms with Crippen LogP contribution in [0.15, 0.2) is 23.1 Å². The third-order valence-corrected chi connectivity index (χ3v) is 6.70. The van der Waals surface area contributed by atoms with Crippen LogP contribution in [0.3, 0.4) is 0 Å². The van der Waals surface area contributed by atoms with E-state index in [-0.39, 0.29) is 40.2 Å². The summed E-state index contributed by atoms with van der Waals surface area (Å²) in [5, 5.41) is 0.261. The largest absolute Gasteiger partial charge is 0.398 e. The van der Waals surface area contributed by atoms with Gasteiger partial charge in [0.2, 0.25) is 10.0 Å². The molecule has 1 aromatic carbocycles. The summed E-state index contributed by atoms with van der Waals surface area (Å²) in [6, 6.07) is 4.18. The van der Waals surface area contributed by atoms with E-state index in [2.05, 4.69) is 0 Å². The Balaban J connectivity index is 2.36. The Kier molecular flexibility index (Phi) is 3.78. The van der Waals surface area contributed by atoms with Crippen molar-refractivity contribution in [3.63, 3.8) is 0 Å². The number of hydrogen-bond donors (Lipinski definition) is 1. The Morgan fingerprint density at radius 2 is 1.79 bits per heavy atom. The Labute approximate surface area is 117 Å². The van der Waals surface area contributed by atoms with Crippen molar-refractivity contribution in [1.29, 1.82) is 0 Å². The van der Waals surface area contributed by atoms with Gasteiger partial charge in [0.1, 0.15) is 4.90 Å². The molecule has 6 nitrogen and oxygen atoms in total. The maximum Gasteiger partial charge on any atom is 0.245 e. The summed E-state index contributed by atoms with van der Waals surface area (Å²) in [5.74, 6) is -0.348. The SMILES string of the molecule is Nc1ccc(Cl)cc1S(=O)(=O)N1CCS(=O)(=O)CC1. The topological polar surface area (TPSA) is 97.5 Å². The van der Waals surface area contributed by atoms with Gasteiger partial charge in [0, 0.05) is 18.1 Å². The quantitative estimate of drug-likeness (QED) is 0.791. The molecule has 19 heavy (non-hydrogen) atoms. The molecule has 1 aliphatic rings. The van der Waals surface area contributed by atoms with E-state index < -0.39 is 19.9 Å². The van der Waals surface area contributed by atoms with Crippen molar-refractivity contribution in [2.24, 2.45) is 0 Å². The average Bonchev–Trinajstić information content (AvgIpc) is 2.31. The highest BCUT2D eigenvalue weighted by Crippen LogP contribution is 2.26. The summed E-state index contributed by atoms with van der Waals surface area (Å²) < 4.78 is 48.5. The summed E-state index contributed by atoms with van der Waals surface area (Å²) >= 11 is 5.77. The Bertz CT molecular complexity index is 686. The number of hydrogen-bond acceptors (Lipinski definition) is 5. The molecule has 1 aliphatic heterocycles. The number of anilines is 1. The third kappa shape index (κ3) is 3.02. The van der Waals surface area contributed by atoms with Crippen molar-refractivity contribution in [3.05, 3.63) is 23.2 Å². The van der Waals surface area contributed by atoms with Gasteiger partial charge in [0.15, 0.2) is 9.84 Å². The molecular formula is C10H13ClN2O4S2. The Hall–Kier alpha value is -0.830. The van der Waals surface area contributed by atoms with E-state index in [0.29, 0.717) is 0 Å². The minimum atomic E-state index is -3.81. The molecule has 106 valence electrons. The summed E-state index contributed by atoms with van der Waals surface area (Å²) in [4.78, 5) is -0.0840. The fraction of sp³-hybridized carbons (Fsp3) is 0.400. The molecule has 0 saturated carbocycles. The van der Waals surface area contributed by atoms with Crippen molar-refractivity contribution in [2.45, 2.75) is 4.90 Å². The Morgan fingerprint density at radius 1 is 1.21 bits per heavy atom. The zero-order valence-electron chi connectivity index (χ0n) is 9.91. The highest BCUT2D eigenvalue weighted by Gasteiger charge is 2.32. The first-order chi connectivity index (χ1) is 8.72. The van der Waals surface area contributed by atoms with Crippen LogP contribution in [-0.2, 0) is 19.9 Å². The lowest BCUT2D eigenvalue weighted by atomic mass is 10.3. The lowest BCUT2D eigenvalue weighted by molar-refractivity contribution is 0.431. The molecule has 0 unspecified atom stereocenters. The molecule has 0 aromatic heterocycles. The molecule has 2 N–H and O–H groups in total. The van der Waals surface area contributed by atoms with Crippen LogP contribution in [0.1, 0.15) is 0 Å². The van der Waals surface area contributed by atoms with E-state index in [9.17, 15) is 16.8 Å². The van der Waals surface area contributed by atoms with Crippen molar-refractivity contribution in [1.82, 2.24) is 4.31 Å². The highest BCUT2D eigenvalue weighted by atomic mass is 35.5. The maximum absolute atomic E-state index is 12.4. The van der Waals surface area contributed by atoms with Gasteiger partial charge < -0.3 is 5.73 Å². The molecule has 1 heterocycles. The van der Waals surface area contributed by atoms with Crippen LogP contribution in [0.4, 0.5) is 5.69 Å². The van der Waals surface area contributed by atoms with Gasteiger partial charge >= 0.3 is 0 Å². The van der Waals surface area contributed by atoms with Crippen LogP contribution >= 0.6 is 11.6 Å². The van der Waals surface area contributed by atoms with Gasteiger partial charge in [-0.05, 0) is 18.2 Å². The number of nitrogens with two attached hydrogens (primary N) is 1. The maximum atomic E-state index is 12.4. The predicted molar refractivity (Wildman–Crippen MR) is 73.3 cm³/mol. The van der Waals surface area contributed by atoms with E-state index >= 15 is 0 Å². The monoisotopic (exact) mass is 324 g/mol. The fourth-order valence-corrected chi connectivity index (χ4v) is 5.06. The predicted octanol–water partition coefficient (Wildman–Crippen LogP) is 0.341. The van der Waals surface area contributed by atoms with Crippen LogP contribution in [0.25, 0.3) is 0 Å². The van der Waals surface area contributed by atoms with Crippen LogP contribution in [0, 0.1) is 0 Å². The van der Waals surface area contributed by atoms with E-state index in [0.717, 1.165) is 4.31 Å². The second-order valence-corrected chi connectivity index (χ2v) is 8.88. The number of nitrogens with zero attached hydrogens (tertiary/aromatic N) is 1. The molecule has 2 rings (SSSR count). The first-order valence-electron chi connectivity index (χ1n) is 5.48. The first-order valence-corrected chi connectivity index (χ1v) is 9.12. The standard InChI is InChI=1S/C10H13ClN2O4S2/c11-8-1-2-9(12)10(7-8)19(16,17)13-3-5-18(14,15)6-4-13/h1-2,7H,3-6,12H2. The first kappa shape index (κ1) is 14.6. The zero-order valence-corrected chi connectivity index (χ0v) is 12.3. The molecular weight excluding hydrogens is 312 g/mol. The minimum absolute atomic E-state index is 0.0589. The van der Waals surface area contributed by atoms with Crippen LogP contribution in [0.5, 0.6) is 0 Å². The molecule has 0 amide bonds. The molecule has 0 aliphatic carbocycles. The van der Waals surface area contributed by atoms with Crippen LogP contribution in [-0.4, -0.2) is 45.7 Å². The number of rotatable bonds is 2. The van der Waals surface area contributed by atoms with Gasteiger partial charge in [-0.15, -0.1) is 0 Å². The minimum Gasteiger partial charge on any atom is -0.398 e. The smallest absolute Gasteiger partial charge is 0.245 e. The van der Waals surface area contributed by atoms with Gasteiger partial charge in [-0.25, -0.2) is 16.8 Å². The molecule has 0 bridgehead atoms. The molecule has 0 atom stereocenters. The van der Waals surface area contributed by atoms with Gasteiger partial charge in [-0.3, -0.25) is 0 Å². The lowest BCUT2D eigenvalue weighted by Gasteiger charge is -2.26. The molecule has 0 spiro atoms. The number of benzene rings is 1. The van der Waals surface area contributed by atoms with Crippen molar-refractivity contribution in [3.8, 4) is 0 Å². The van der Waals surface area contributed by atoms with Crippen LogP contribution in [0.2, 0.25) is 5.02 Å². The van der Waals surface area contributed by atoms with Crippen molar-refractivity contribution < 1.29 is 16.8 Å². The molecule has 1 saturated heterocycles. The number of halogens is 1. The van der Waals surface area contributed by atoms with Gasteiger partial charge in [0.25, 0.3) is 0 Å². The molecule has 0 radical (unpaired) electrons. The number of nitrogen functional groups attached to an aromatic ring is 1. The number of sulfonamides is 1. The Morgan fingerprint density at radius 3 is 2.37 bits per heavy atom. The molecule has 1 aromatic rings. The fourth-order valence-electron chi connectivity index (χ4n) is 1.81. The molecule has 1 fully saturated rings. The van der Waals surface area contributed by atoms with Gasteiger partial charge in [-0.1, -0.05) is 11.6 Å². The highest BCUT2D eigenvalue weighted by molar-refractivity contribution is 7.92. The molecule has 9 heteroatoms. The van der Waals surface area contributed by atoms with E-state index in [4.69, 9.17) is 17.3 Å². The summed E-state index contributed by atoms with van der Waals surface area (Å²) in [6.07, 6.45) is 0. The van der Waals surface area contributed by atoms with E-state index in [1.54, 1.807) is 0 Å². The van der Waals surface area contributed by atoms with Gasteiger partial charge in [0.05, 0.1) is 17.2 Å². The van der Waals surface area contributed by atoms with Gasteiger partial charge in [-0.2, -0.15) is 4.31 Å². The van der Waals surface area contributed by atoms with E-state index in [1.807, 2.05) is 0 Å². The summed E-state index contributed by atoms with van der Waals surface area (Å²) in [7, 11) is -6.95. The normalized spacial score (nSPS) is 20.3. The van der Waals surface area contributed by atoms with Crippen LogP contribution < -0.4 is 5.73 Å². The lowest BCUT2D eigenvalue weighted by Crippen LogP contribution is -2.43. The van der Waals surface area contributed by atoms with Crippen molar-refractivity contribution >= 4 is 37.1 Å². The second-order valence-electron chi connectivity index (χ2n) is 4.24. The van der Waals surface area contributed by atoms with Crippen molar-refractivity contribution in [2.75, 3.05) is 30.3 Å². The zero-order chi connectivity index (χ0) is 14.3. The summed E-state index contributed by atoms with van der Waals surface area (Å²) in [6.45, 7) is -0.118. The third-order valence-electron chi connectivity index (χ3n) is 2.90. The average molecular weight is 325 g/mol.